The summed E-state index contributed by atoms with van der Waals surface area (Å²) in [5.41, 5.74) is 0.521. The third-order valence-electron chi connectivity index (χ3n) is 5.03. The summed E-state index contributed by atoms with van der Waals surface area (Å²) >= 11 is 0. The van der Waals surface area contributed by atoms with Gasteiger partial charge in [0.15, 0.2) is 6.54 Å². The molecule has 2 N–H and O–H groups in total. The number of nitrogens with one attached hydrogen (secondary N) is 2. The van der Waals surface area contributed by atoms with E-state index in [0.717, 1.165) is 17.0 Å². The van der Waals surface area contributed by atoms with E-state index in [4.69, 9.17) is 4.74 Å². The second-order valence-corrected chi connectivity index (χ2v) is 7.05. The van der Waals surface area contributed by atoms with Crippen LogP contribution in [0.4, 0.5) is 24.5 Å². The fourth-order valence-corrected chi connectivity index (χ4v) is 3.44. The molecule has 1 fully saturated rings. The van der Waals surface area contributed by atoms with E-state index >= 15 is 0 Å². The number of esters is 1. The average molecular weight is 422 g/mol. The Labute approximate surface area is 172 Å². The standard InChI is InChI=1S/C21H22F3N3O3/c1-30-20(29)17-7-2-3-8-18(17)25-19(28)14-26-9-11-27(12-10-26)16-6-4-5-15(13-16)21(22,23)24/h2-8,13H,9-12,14H2,1H3,(H,25,28)/p+1. The van der Waals surface area contributed by atoms with E-state index in [1.165, 1.54) is 13.2 Å². The van der Waals surface area contributed by atoms with Gasteiger partial charge in [-0.15, -0.1) is 0 Å². The first-order valence-electron chi connectivity index (χ1n) is 9.51. The van der Waals surface area contributed by atoms with Crippen LogP contribution in [-0.4, -0.2) is 51.7 Å². The number of benzene rings is 2. The van der Waals surface area contributed by atoms with Crippen molar-refractivity contribution >= 4 is 23.3 Å². The summed E-state index contributed by atoms with van der Waals surface area (Å²) in [7, 11) is 1.27. The Morgan fingerprint density at radius 3 is 2.47 bits per heavy atom. The molecule has 0 bridgehead atoms. The van der Waals surface area contributed by atoms with Crippen molar-refractivity contribution in [2.75, 3.05) is 50.1 Å². The van der Waals surface area contributed by atoms with Crippen LogP contribution in [0.3, 0.4) is 0 Å². The number of carbonyl (C=O) groups is 2. The second kappa shape index (κ2) is 9.17. The van der Waals surface area contributed by atoms with Gasteiger partial charge >= 0.3 is 12.1 Å². The van der Waals surface area contributed by atoms with E-state index < -0.39 is 17.7 Å². The Bertz CT molecular complexity index is 910. The Morgan fingerprint density at radius 1 is 1.10 bits per heavy atom. The average Bonchev–Trinajstić information content (AvgIpc) is 2.73. The zero-order chi connectivity index (χ0) is 21.7. The van der Waals surface area contributed by atoms with Crippen LogP contribution in [0.25, 0.3) is 0 Å². The molecule has 160 valence electrons. The molecular weight excluding hydrogens is 399 g/mol. The molecule has 2 aromatic carbocycles. The van der Waals surface area contributed by atoms with Gasteiger partial charge in [-0.1, -0.05) is 18.2 Å². The van der Waals surface area contributed by atoms with Gasteiger partial charge < -0.3 is 19.9 Å². The Kier molecular flexibility index (Phi) is 6.61. The molecule has 1 amide bonds. The molecule has 1 aliphatic heterocycles. The van der Waals surface area contributed by atoms with Crippen molar-refractivity contribution in [3.8, 4) is 0 Å². The lowest BCUT2D eigenvalue weighted by Gasteiger charge is -2.33. The zero-order valence-corrected chi connectivity index (χ0v) is 16.5. The third kappa shape index (κ3) is 5.29. The number of alkyl halides is 3. The van der Waals surface area contributed by atoms with Gasteiger partial charge in [0.1, 0.15) is 0 Å². The number of amides is 1. The highest BCUT2D eigenvalue weighted by Crippen LogP contribution is 2.31. The highest BCUT2D eigenvalue weighted by molar-refractivity contribution is 6.01. The van der Waals surface area contributed by atoms with E-state index in [9.17, 15) is 22.8 Å². The summed E-state index contributed by atoms with van der Waals surface area (Å²) in [6, 6.07) is 11.9. The molecule has 0 atom stereocenters. The lowest BCUT2D eigenvalue weighted by Crippen LogP contribution is -3.15. The van der Waals surface area contributed by atoms with Crippen molar-refractivity contribution in [2.45, 2.75) is 6.18 Å². The minimum absolute atomic E-state index is 0.200. The number of ether oxygens (including phenoxy) is 1. The summed E-state index contributed by atoms with van der Waals surface area (Å²) in [6.45, 7) is 2.52. The lowest BCUT2D eigenvalue weighted by atomic mass is 10.1. The molecule has 9 heteroatoms. The van der Waals surface area contributed by atoms with E-state index in [1.807, 2.05) is 4.90 Å². The summed E-state index contributed by atoms with van der Waals surface area (Å²) < 4.78 is 43.5. The number of halogens is 3. The van der Waals surface area contributed by atoms with Crippen LogP contribution in [0.1, 0.15) is 15.9 Å². The third-order valence-corrected chi connectivity index (χ3v) is 5.03. The minimum atomic E-state index is -4.37. The summed E-state index contributed by atoms with van der Waals surface area (Å²) in [4.78, 5) is 27.1. The molecule has 6 nitrogen and oxygen atoms in total. The minimum Gasteiger partial charge on any atom is -0.465 e. The van der Waals surface area contributed by atoms with Gasteiger partial charge in [0.25, 0.3) is 5.91 Å². The molecule has 0 saturated carbocycles. The normalized spacial score (nSPS) is 15.0. The SMILES string of the molecule is COC(=O)c1ccccc1NC(=O)C[NH+]1CCN(c2cccc(C(F)(F)F)c2)CC1. The van der Waals surface area contributed by atoms with Gasteiger partial charge in [-0.2, -0.15) is 13.2 Å². The number of piperazine rings is 1. The molecular formula is C21H23F3N3O3+. The predicted molar refractivity (Wildman–Crippen MR) is 106 cm³/mol. The van der Waals surface area contributed by atoms with E-state index in [1.54, 1.807) is 30.3 Å². The van der Waals surface area contributed by atoms with Crippen LogP contribution >= 0.6 is 0 Å². The molecule has 0 radical (unpaired) electrons. The number of methoxy groups -OCH3 is 1. The fraction of sp³-hybridized carbons (Fsp3) is 0.333. The molecule has 0 aliphatic carbocycles. The van der Waals surface area contributed by atoms with Crippen LogP contribution in [0, 0.1) is 0 Å². The van der Waals surface area contributed by atoms with Gasteiger partial charge in [0.2, 0.25) is 0 Å². The Hall–Kier alpha value is -3.07. The number of hydrogen-bond donors (Lipinski definition) is 2. The van der Waals surface area contributed by atoms with Gasteiger partial charge in [0.05, 0.1) is 50.1 Å². The zero-order valence-electron chi connectivity index (χ0n) is 16.5. The number of nitrogens with zero attached hydrogens (tertiary/aromatic N) is 1. The van der Waals surface area contributed by atoms with Gasteiger partial charge in [-0.3, -0.25) is 4.79 Å². The summed E-state index contributed by atoms with van der Waals surface area (Å²) in [5.74, 6) is -0.776. The van der Waals surface area contributed by atoms with Crippen molar-refractivity contribution in [3.05, 3.63) is 59.7 Å². The quantitative estimate of drug-likeness (QED) is 0.722. The van der Waals surface area contributed by atoms with Crippen molar-refractivity contribution < 1.29 is 32.4 Å². The fourth-order valence-electron chi connectivity index (χ4n) is 3.44. The van der Waals surface area contributed by atoms with E-state index in [0.29, 0.717) is 37.6 Å². The molecule has 0 spiro atoms. The molecule has 1 aliphatic rings. The van der Waals surface area contributed by atoms with Crippen molar-refractivity contribution in [3.63, 3.8) is 0 Å². The number of quaternary nitrogens is 1. The largest absolute Gasteiger partial charge is 0.465 e. The smallest absolute Gasteiger partial charge is 0.416 e. The number of hydrogen-bond acceptors (Lipinski definition) is 4. The van der Waals surface area contributed by atoms with Gasteiger partial charge in [0, 0.05) is 5.69 Å². The van der Waals surface area contributed by atoms with Crippen LogP contribution < -0.4 is 15.1 Å². The summed E-state index contributed by atoms with van der Waals surface area (Å²) in [6.07, 6.45) is -4.37. The Balaban J connectivity index is 1.55. The highest BCUT2D eigenvalue weighted by Gasteiger charge is 2.31. The number of rotatable bonds is 5. The molecule has 3 rings (SSSR count). The van der Waals surface area contributed by atoms with Crippen molar-refractivity contribution in [1.29, 1.82) is 0 Å². The van der Waals surface area contributed by atoms with Crippen LogP contribution in [0.2, 0.25) is 0 Å². The summed E-state index contributed by atoms with van der Waals surface area (Å²) in [5, 5.41) is 2.74. The van der Waals surface area contributed by atoms with Crippen molar-refractivity contribution in [2.24, 2.45) is 0 Å². The maximum Gasteiger partial charge on any atom is 0.416 e. The number of anilines is 2. The van der Waals surface area contributed by atoms with Gasteiger partial charge in [-0.25, -0.2) is 4.79 Å². The van der Waals surface area contributed by atoms with Crippen LogP contribution in [0.15, 0.2) is 48.5 Å². The van der Waals surface area contributed by atoms with Crippen LogP contribution in [-0.2, 0) is 15.7 Å². The molecule has 2 aromatic rings. The molecule has 0 unspecified atom stereocenters. The van der Waals surface area contributed by atoms with E-state index in [2.05, 4.69) is 5.32 Å². The topological polar surface area (TPSA) is 63.1 Å². The lowest BCUT2D eigenvalue weighted by molar-refractivity contribution is -0.892. The maximum absolute atomic E-state index is 12.9. The molecule has 30 heavy (non-hydrogen) atoms. The number of carbonyl (C=O) groups excluding carboxylic acids is 2. The predicted octanol–water partition coefficient (Wildman–Crippen LogP) is 1.84. The molecule has 1 saturated heterocycles. The Morgan fingerprint density at radius 2 is 1.80 bits per heavy atom. The van der Waals surface area contributed by atoms with Gasteiger partial charge in [-0.05, 0) is 30.3 Å². The second-order valence-electron chi connectivity index (χ2n) is 7.05. The monoisotopic (exact) mass is 422 g/mol. The first kappa shape index (κ1) is 21.6. The highest BCUT2D eigenvalue weighted by atomic mass is 19.4. The molecule has 0 aromatic heterocycles. The molecule has 1 heterocycles. The van der Waals surface area contributed by atoms with Crippen LogP contribution in [0.5, 0.6) is 0 Å². The first-order valence-corrected chi connectivity index (χ1v) is 9.51. The van der Waals surface area contributed by atoms with Crippen molar-refractivity contribution in [1.82, 2.24) is 0 Å². The maximum atomic E-state index is 12.9. The first-order chi connectivity index (χ1) is 14.3. The number of para-hydroxylation sites is 1. The van der Waals surface area contributed by atoms with E-state index in [-0.39, 0.29) is 18.0 Å².